The fourth-order valence-corrected chi connectivity index (χ4v) is 0. The van der Waals surface area contributed by atoms with Gasteiger partial charge in [-0.15, -0.1) is 24.8 Å². The fourth-order valence-electron chi connectivity index (χ4n) is 0. The lowest BCUT2D eigenvalue weighted by molar-refractivity contribution is 0.434. The zero-order chi connectivity index (χ0) is 4.28. The summed E-state index contributed by atoms with van der Waals surface area (Å²) in [6.07, 6.45) is 0. The summed E-state index contributed by atoms with van der Waals surface area (Å²) in [7, 11) is 4.11. The van der Waals surface area contributed by atoms with E-state index in [9.17, 15) is 0 Å². The van der Waals surface area contributed by atoms with Crippen molar-refractivity contribution in [3.8, 4) is 0 Å². The maximum absolute atomic E-state index is 2.12. The predicted molar refractivity (Wildman–Crippen MR) is 38.7 cm³/mol. The van der Waals surface area contributed by atoms with Gasteiger partial charge in [0.15, 0.2) is 0 Å². The lowest BCUT2D eigenvalue weighted by atomic mass is 10.7. The van der Waals surface area contributed by atoms with Crippen LogP contribution in [0.2, 0.25) is 0 Å². The van der Waals surface area contributed by atoms with Crippen molar-refractivity contribution in [2.75, 3.05) is 20.6 Å². The molecule has 7 heavy (non-hydrogen) atoms. The van der Waals surface area contributed by atoms with E-state index in [2.05, 4.69) is 25.9 Å². The Morgan fingerprint density at radius 1 is 1.14 bits per heavy atom. The average molecular weight is 146 g/mol. The zero-order valence-corrected chi connectivity index (χ0v) is 6.60. The van der Waals surface area contributed by atoms with Gasteiger partial charge in [-0.05, 0) is 20.6 Å². The molecule has 0 saturated carbocycles. The maximum Gasteiger partial charge on any atom is -0.00533 e. The molecule has 3 heteroatoms. The lowest BCUT2D eigenvalue weighted by Gasteiger charge is -2.00. The average Bonchev–Trinajstić information content (AvgIpc) is 1.38. The predicted octanol–water partition coefficient (Wildman–Crippen LogP) is 1.41. The van der Waals surface area contributed by atoms with Crippen molar-refractivity contribution in [2.24, 2.45) is 0 Å². The van der Waals surface area contributed by atoms with Crippen molar-refractivity contribution in [1.29, 1.82) is 0 Å². The second-order valence-electron chi connectivity index (χ2n) is 1.40. The Balaban J connectivity index is -0.0000000800. The summed E-state index contributed by atoms with van der Waals surface area (Å²) < 4.78 is 0. The third kappa shape index (κ3) is 20.9. The molecule has 0 aromatic carbocycles. The quantitative estimate of drug-likeness (QED) is 0.540. The van der Waals surface area contributed by atoms with Crippen LogP contribution in [0.3, 0.4) is 0 Å². The summed E-state index contributed by atoms with van der Waals surface area (Å²) in [6.45, 7) is 3.26. The summed E-state index contributed by atoms with van der Waals surface area (Å²) in [6, 6.07) is 0. The molecule has 0 aliphatic rings. The Morgan fingerprint density at radius 2 is 1.29 bits per heavy atom. The summed E-state index contributed by atoms with van der Waals surface area (Å²) >= 11 is 0. The van der Waals surface area contributed by atoms with Crippen LogP contribution in [-0.4, -0.2) is 25.5 Å². The molecule has 0 aliphatic carbocycles. The van der Waals surface area contributed by atoms with Gasteiger partial charge in [0.05, 0.1) is 0 Å². The molecule has 0 rings (SSSR count). The highest BCUT2D eigenvalue weighted by Crippen LogP contribution is 1.63. The summed E-state index contributed by atoms with van der Waals surface area (Å²) in [4.78, 5) is 2.12. The van der Waals surface area contributed by atoms with Crippen molar-refractivity contribution in [2.45, 2.75) is 6.92 Å². The van der Waals surface area contributed by atoms with Gasteiger partial charge in [0.1, 0.15) is 0 Å². The number of nitrogens with zero attached hydrogens (tertiary/aromatic N) is 1. The van der Waals surface area contributed by atoms with Crippen molar-refractivity contribution >= 4 is 24.8 Å². The first-order valence-electron chi connectivity index (χ1n) is 1.92. The van der Waals surface area contributed by atoms with Crippen LogP contribution < -0.4 is 0 Å². The topological polar surface area (TPSA) is 3.24 Å². The Bertz CT molecular complexity index is 23.7. The van der Waals surface area contributed by atoms with Gasteiger partial charge in [-0.25, -0.2) is 0 Å². The third-order valence-electron chi connectivity index (χ3n) is 0.632. The van der Waals surface area contributed by atoms with Crippen LogP contribution in [0.5, 0.6) is 0 Å². The molecular weight excluding hydrogens is 133 g/mol. The number of hydrogen-bond acceptors (Lipinski definition) is 1. The molecule has 0 aromatic rings. The number of rotatable bonds is 1. The van der Waals surface area contributed by atoms with Crippen molar-refractivity contribution in [1.82, 2.24) is 4.90 Å². The molecule has 0 aliphatic heterocycles. The minimum Gasteiger partial charge on any atom is -0.310 e. The van der Waals surface area contributed by atoms with Gasteiger partial charge in [0.25, 0.3) is 0 Å². The van der Waals surface area contributed by atoms with Crippen LogP contribution in [0.4, 0.5) is 0 Å². The van der Waals surface area contributed by atoms with Gasteiger partial charge < -0.3 is 4.90 Å². The molecule has 0 saturated heterocycles. The monoisotopic (exact) mass is 145 g/mol. The first-order valence-corrected chi connectivity index (χ1v) is 1.92. The van der Waals surface area contributed by atoms with E-state index in [4.69, 9.17) is 0 Å². The molecule has 0 atom stereocenters. The van der Waals surface area contributed by atoms with Crippen LogP contribution in [0.15, 0.2) is 0 Å². The highest BCUT2D eigenvalue weighted by molar-refractivity contribution is 5.85. The molecule has 48 valence electrons. The van der Waals surface area contributed by atoms with E-state index < -0.39 is 0 Å². The first-order chi connectivity index (χ1) is 2.27. The summed E-state index contributed by atoms with van der Waals surface area (Å²) in [5.41, 5.74) is 0. The van der Waals surface area contributed by atoms with E-state index in [0.717, 1.165) is 6.54 Å². The molecule has 0 amide bonds. The second kappa shape index (κ2) is 9.74. The smallest absolute Gasteiger partial charge is 0.00533 e. The van der Waals surface area contributed by atoms with E-state index in [1.807, 2.05) is 0 Å². The molecule has 0 radical (unpaired) electrons. The largest absolute Gasteiger partial charge is 0.310 e. The van der Waals surface area contributed by atoms with Crippen molar-refractivity contribution in [3.63, 3.8) is 0 Å². The van der Waals surface area contributed by atoms with Gasteiger partial charge in [-0.3, -0.25) is 0 Å². The SMILES string of the molecule is CCN(C)C.Cl.Cl. The molecule has 0 bridgehead atoms. The van der Waals surface area contributed by atoms with Crippen LogP contribution in [-0.2, 0) is 0 Å². The molecule has 0 unspecified atom stereocenters. The highest BCUT2D eigenvalue weighted by Gasteiger charge is 1.72. The number of halogens is 2. The summed E-state index contributed by atoms with van der Waals surface area (Å²) in [5.74, 6) is 0. The van der Waals surface area contributed by atoms with Crippen molar-refractivity contribution in [3.05, 3.63) is 0 Å². The second-order valence-corrected chi connectivity index (χ2v) is 1.40. The zero-order valence-electron chi connectivity index (χ0n) is 4.97. The van der Waals surface area contributed by atoms with E-state index in [1.165, 1.54) is 0 Å². The third-order valence-corrected chi connectivity index (χ3v) is 0.632. The van der Waals surface area contributed by atoms with E-state index >= 15 is 0 Å². The van der Waals surface area contributed by atoms with E-state index in [-0.39, 0.29) is 24.8 Å². The molecule has 0 aromatic heterocycles. The molecule has 0 fully saturated rings. The fraction of sp³-hybridized carbons (Fsp3) is 1.00. The Hall–Kier alpha value is 0.540. The van der Waals surface area contributed by atoms with Gasteiger partial charge in [-0.2, -0.15) is 0 Å². The Labute approximate surface area is 57.9 Å². The molecule has 1 nitrogen and oxygen atoms in total. The van der Waals surface area contributed by atoms with Crippen LogP contribution in [0, 0.1) is 0 Å². The van der Waals surface area contributed by atoms with Gasteiger partial charge >= 0.3 is 0 Å². The van der Waals surface area contributed by atoms with Gasteiger partial charge in [-0.1, -0.05) is 6.92 Å². The van der Waals surface area contributed by atoms with Gasteiger partial charge in [0.2, 0.25) is 0 Å². The Kier molecular flexibility index (Phi) is 21.8. The van der Waals surface area contributed by atoms with Crippen LogP contribution >= 0.6 is 24.8 Å². The molecular formula is C4H13Cl2N. The van der Waals surface area contributed by atoms with E-state index in [0.29, 0.717) is 0 Å². The van der Waals surface area contributed by atoms with E-state index in [1.54, 1.807) is 0 Å². The van der Waals surface area contributed by atoms with Crippen LogP contribution in [0.1, 0.15) is 6.92 Å². The molecule has 0 spiro atoms. The van der Waals surface area contributed by atoms with Crippen LogP contribution in [0.25, 0.3) is 0 Å². The first kappa shape index (κ1) is 15.6. The molecule has 0 N–H and O–H groups in total. The molecule has 0 heterocycles. The normalized spacial score (nSPS) is 6.86. The Morgan fingerprint density at radius 3 is 1.29 bits per heavy atom. The summed E-state index contributed by atoms with van der Waals surface area (Å²) in [5, 5.41) is 0. The standard InChI is InChI=1S/C4H11N.2ClH/c1-4-5(2)3;;/h4H2,1-3H3;2*1H. The lowest BCUT2D eigenvalue weighted by Crippen LogP contribution is -2.08. The minimum atomic E-state index is 0. The highest BCUT2D eigenvalue weighted by atomic mass is 35.5. The van der Waals surface area contributed by atoms with Crippen molar-refractivity contribution < 1.29 is 0 Å². The minimum absolute atomic E-state index is 0. The van der Waals surface area contributed by atoms with Gasteiger partial charge in [0, 0.05) is 0 Å². The maximum atomic E-state index is 2.12. The number of hydrogen-bond donors (Lipinski definition) is 0.